The fourth-order valence-corrected chi connectivity index (χ4v) is 4.78. The Hall–Kier alpha value is -1.39. The molecule has 3 fully saturated rings. The Morgan fingerprint density at radius 1 is 0.833 bits per heavy atom. The molecule has 0 bridgehead atoms. The molecule has 3 aliphatic heterocycles. The Bertz CT molecular complexity index is 848. The van der Waals surface area contributed by atoms with Crippen LogP contribution in [0.2, 0.25) is 0 Å². The van der Waals surface area contributed by atoms with Crippen molar-refractivity contribution in [3.8, 4) is 0 Å². The summed E-state index contributed by atoms with van der Waals surface area (Å²) in [4.78, 5) is 10.8. The maximum atomic E-state index is 10.8. The van der Waals surface area contributed by atoms with Gasteiger partial charge in [-0.2, -0.15) is 0 Å². The van der Waals surface area contributed by atoms with Crippen LogP contribution in [-0.4, -0.2) is 169 Å². The van der Waals surface area contributed by atoms with Crippen molar-refractivity contribution >= 4 is 5.97 Å². The molecule has 0 amide bonds. The number of rotatable bonds is 14. The highest BCUT2D eigenvalue weighted by Gasteiger charge is 2.51. The first-order valence-corrected chi connectivity index (χ1v) is 13.6. The first-order chi connectivity index (χ1) is 19.9. The van der Waals surface area contributed by atoms with E-state index in [1.807, 2.05) is 0 Å². The average Bonchev–Trinajstić information content (AvgIpc) is 2.96. The third-order valence-electron chi connectivity index (χ3n) is 7.36. The number of hydrogen-bond acceptors (Lipinski definition) is 16. The van der Waals surface area contributed by atoms with E-state index < -0.39 is 111 Å². The zero-order valence-corrected chi connectivity index (χ0v) is 22.7. The smallest absolute Gasteiger partial charge is 0.303 e. The fourth-order valence-electron chi connectivity index (χ4n) is 4.78. The van der Waals surface area contributed by atoms with Crippen LogP contribution >= 0.6 is 0 Å². The summed E-state index contributed by atoms with van der Waals surface area (Å²) in [7, 11) is 0. The van der Waals surface area contributed by atoms with Crippen molar-refractivity contribution in [1.82, 2.24) is 0 Å². The maximum absolute atomic E-state index is 10.8. The molecule has 3 heterocycles. The van der Waals surface area contributed by atoms with E-state index in [9.17, 15) is 50.8 Å². The number of aliphatic hydroxyl groups is 9. The molecule has 0 aromatic carbocycles. The van der Waals surface area contributed by atoms with Crippen LogP contribution in [0.3, 0.4) is 0 Å². The molecule has 244 valence electrons. The molecule has 0 saturated carbocycles. The predicted octanol–water partition coefficient (Wildman–Crippen LogP) is -4.71. The Labute approximate surface area is 241 Å². The molecule has 17 nitrogen and oxygen atoms in total. The van der Waals surface area contributed by atoms with Gasteiger partial charge >= 0.3 is 5.97 Å². The second kappa shape index (κ2) is 16.1. The lowest BCUT2D eigenvalue weighted by Gasteiger charge is -2.46. The molecule has 17 heteroatoms. The molecule has 3 aliphatic rings. The lowest BCUT2D eigenvalue weighted by molar-refractivity contribution is -0.373. The van der Waals surface area contributed by atoms with Gasteiger partial charge in [0.25, 0.3) is 0 Å². The van der Waals surface area contributed by atoms with Gasteiger partial charge in [0.05, 0.1) is 25.9 Å². The zero-order valence-electron chi connectivity index (χ0n) is 22.7. The van der Waals surface area contributed by atoms with Crippen LogP contribution in [0.4, 0.5) is 0 Å². The molecule has 0 aromatic rings. The highest BCUT2D eigenvalue weighted by Crippen LogP contribution is 2.31. The Morgan fingerprint density at radius 3 is 2.12 bits per heavy atom. The van der Waals surface area contributed by atoms with E-state index in [4.69, 9.17) is 33.5 Å². The highest BCUT2D eigenvalue weighted by atomic mass is 16.8. The standard InChI is InChI=1S/C25H42O17/c1-2-10(5-3-4-6-14(28)29)39-25-22(19(34)16(31)12(7-26)40-25)42-24-21(36)18(33)17(32)13(41-24)9-38-23-20(35)15(30)11(27)8-37-23/h2,10-13,15-27,30-36H,1,3-9H2,(H,28,29). The predicted molar refractivity (Wildman–Crippen MR) is 134 cm³/mol. The van der Waals surface area contributed by atoms with Gasteiger partial charge in [0, 0.05) is 6.42 Å². The van der Waals surface area contributed by atoms with Gasteiger partial charge in [0.1, 0.15) is 67.1 Å². The van der Waals surface area contributed by atoms with Gasteiger partial charge in [0.15, 0.2) is 18.9 Å². The number of carbonyl (C=O) groups is 1. The van der Waals surface area contributed by atoms with E-state index in [1.165, 1.54) is 6.08 Å². The van der Waals surface area contributed by atoms with Crippen LogP contribution in [0.15, 0.2) is 12.7 Å². The normalized spacial score (nSPS) is 43.5. The molecule has 15 unspecified atom stereocenters. The van der Waals surface area contributed by atoms with Crippen molar-refractivity contribution in [3.63, 3.8) is 0 Å². The molecule has 42 heavy (non-hydrogen) atoms. The van der Waals surface area contributed by atoms with E-state index in [0.29, 0.717) is 19.3 Å². The number of hydrogen-bond donors (Lipinski definition) is 10. The zero-order chi connectivity index (χ0) is 31.1. The lowest BCUT2D eigenvalue weighted by atomic mass is 9.97. The fraction of sp³-hybridized carbons (Fsp3) is 0.880. The van der Waals surface area contributed by atoms with Gasteiger partial charge in [-0.05, 0) is 19.3 Å². The third kappa shape index (κ3) is 8.62. The average molecular weight is 615 g/mol. The van der Waals surface area contributed by atoms with Crippen molar-refractivity contribution in [3.05, 3.63) is 12.7 Å². The molecule has 0 radical (unpaired) electrons. The summed E-state index contributed by atoms with van der Waals surface area (Å²) in [6, 6.07) is 0. The summed E-state index contributed by atoms with van der Waals surface area (Å²) in [5.41, 5.74) is 0. The minimum Gasteiger partial charge on any atom is -0.481 e. The van der Waals surface area contributed by atoms with Crippen LogP contribution < -0.4 is 0 Å². The third-order valence-corrected chi connectivity index (χ3v) is 7.36. The van der Waals surface area contributed by atoms with E-state index >= 15 is 0 Å². The minimum absolute atomic E-state index is 0.0582. The topological polar surface area (TPSA) is 275 Å². The lowest BCUT2D eigenvalue weighted by Crippen LogP contribution is -2.65. The Kier molecular flexibility index (Phi) is 13.4. The van der Waals surface area contributed by atoms with Gasteiger partial charge in [-0.15, -0.1) is 6.58 Å². The van der Waals surface area contributed by atoms with Crippen molar-refractivity contribution < 1.29 is 84.3 Å². The molecule has 0 aliphatic carbocycles. The number of carboxylic acid groups (broad SMARTS) is 1. The van der Waals surface area contributed by atoms with E-state index in [2.05, 4.69) is 6.58 Å². The van der Waals surface area contributed by atoms with Crippen molar-refractivity contribution in [2.75, 3.05) is 19.8 Å². The molecule has 0 spiro atoms. The second-order valence-corrected chi connectivity index (χ2v) is 10.5. The second-order valence-electron chi connectivity index (χ2n) is 10.5. The van der Waals surface area contributed by atoms with Crippen LogP contribution in [0.1, 0.15) is 25.7 Å². The molecule has 3 rings (SSSR count). The van der Waals surface area contributed by atoms with Crippen LogP contribution in [0.5, 0.6) is 0 Å². The van der Waals surface area contributed by atoms with E-state index in [0.717, 1.165) is 0 Å². The molecule has 10 N–H and O–H groups in total. The summed E-state index contributed by atoms with van der Waals surface area (Å²) in [6.07, 6.45) is -20.7. The summed E-state index contributed by atoms with van der Waals surface area (Å²) in [6.45, 7) is 2.07. The summed E-state index contributed by atoms with van der Waals surface area (Å²) in [5, 5.41) is 101. The largest absolute Gasteiger partial charge is 0.481 e. The highest BCUT2D eigenvalue weighted by molar-refractivity contribution is 5.66. The molecule has 0 aromatic heterocycles. The quantitative estimate of drug-likeness (QED) is 0.0650. The minimum atomic E-state index is -1.88. The van der Waals surface area contributed by atoms with Crippen LogP contribution in [0, 0.1) is 0 Å². The van der Waals surface area contributed by atoms with E-state index in [-0.39, 0.29) is 13.0 Å². The summed E-state index contributed by atoms with van der Waals surface area (Å²) in [5.74, 6) is -0.959. The number of unbranched alkanes of at least 4 members (excludes halogenated alkanes) is 1. The summed E-state index contributed by atoms with van der Waals surface area (Å²) < 4.78 is 33.3. The molecule has 3 saturated heterocycles. The van der Waals surface area contributed by atoms with Crippen molar-refractivity contribution in [2.24, 2.45) is 0 Å². The number of aliphatic hydroxyl groups excluding tert-OH is 9. The molecular formula is C25H42O17. The monoisotopic (exact) mass is 614 g/mol. The SMILES string of the molecule is C=CC(CCCCC(=O)O)OC1OC(CO)C(O)C(O)C1OC1OC(COC2OCC(O)C(O)C2O)C(O)C(O)C1O. The number of aliphatic carboxylic acids is 1. The maximum Gasteiger partial charge on any atom is 0.303 e. The number of ether oxygens (including phenoxy) is 6. The molecular weight excluding hydrogens is 572 g/mol. The number of carboxylic acids is 1. The molecule has 15 atom stereocenters. The van der Waals surface area contributed by atoms with Crippen molar-refractivity contribution in [2.45, 2.75) is 118 Å². The Morgan fingerprint density at radius 2 is 1.48 bits per heavy atom. The van der Waals surface area contributed by atoms with Gasteiger partial charge < -0.3 is 79.5 Å². The van der Waals surface area contributed by atoms with Crippen molar-refractivity contribution in [1.29, 1.82) is 0 Å². The first-order valence-electron chi connectivity index (χ1n) is 13.6. The van der Waals surface area contributed by atoms with Crippen LogP contribution in [-0.2, 0) is 33.2 Å². The van der Waals surface area contributed by atoms with E-state index in [1.54, 1.807) is 0 Å². The summed E-state index contributed by atoms with van der Waals surface area (Å²) >= 11 is 0. The van der Waals surface area contributed by atoms with Gasteiger partial charge in [-0.25, -0.2) is 0 Å². The van der Waals surface area contributed by atoms with Gasteiger partial charge in [0.2, 0.25) is 0 Å². The van der Waals surface area contributed by atoms with Gasteiger partial charge in [-0.3, -0.25) is 4.79 Å². The van der Waals surface area contributed by atoms with Gasteiger partial charge in [-0.1, -0.05) is 6.08 Å². The van der Waals surface area contributed by atoms with Crippen LogP contribution in [0.25, 0.3) is 0 Å². The first kappa shape index (κ1) is 35.1. The Balaban J connectivity index is 1.70.